The Bertz CT molecular complexity index is 1220. The molecule has 0 saturated carbocycles. The molecule has 0 spiro atoms. The molecule has 0 atom stereocenters. The van der Waals surface area contributed by atoms with E-state index in [2.05, 4.69) is 36.2 Å². The van der Waals surface area contributed by atoms with E-state index in [1.165, 1.54) is 28.6 Å². The van der Waals surface area contributed by atoms with Gasteiger partial charge in [-0.15, -0.1) is 10.2 Å². The smallest absolute Gasteiger partial charge is 0.246 e. The van der Waals surface area contributed by atoms with E-state index in [4.69, 9.17) is 16.3 Å². The third-order valence-electron chi connectivity index (χ3n) is 5.76. The molecule has 0 radical (unpaired) electrons. The summed E-state index contributed by atoms with van der Waals surface area (Å²) < 4.78 is 33.0. The summed E-state index contributed by atoms with van der Waals surface area (Å²) in [6, 6.07) is 14.7. The summed E-state index contributed by atoms with van der Waals surface area (Å²) in [6.45, 7) is 5.85. The molecule has 0 unspecified atom stereocenters. The zero-order chi connectivity index (χ0) is 22.9. The van der Waals surface area contributed by atoms with Gasteiger partial charge in [-0.3, -0.25) is 0 Å². The average molecular weight is 473 g/mol. The van der Waals surface area contributed by atoms with Gasteiger partial charge in [-0.2, -0.15) is 4.31 Å². The summed E-state index contributed by atoms with van der Waals surface area (Å²) in [5.41, 5.74) is 4.29. The molecule has 1 aliphatic rings. The number of rotatable bonds is 5. The molecule has 0 aliphatic carbocycles. The molecule has 32 heavy (non-hydrogen) atoms. The summed E-state index contributed by atoms with van der Waals surface area (Å²) in [7, 11) is -2.28. The van der Waals surface area contributed by atoms with Crippen LogP contribution in [0, 0.1) is 13.8 Å². The second-order valence-electron chi connectivity index (χ2n) is 7.76. The van der Waals surface area contributed by atoms with Gasteiger partial charge in [0.05, 0.1) is 12.8 Å². The molecule has 7 nitrogen and oxygen atoms in total. The Kier molecular flexibility index (Phi) is 6.37. The fraction of sp³-hybridized carbons (Fsp3) is 0.304. The Balaban J connectivity index is 1.47. The Hall–Kier alpha value is -2.68. The van der Waals surface area contributed by atoms with Crippen molar-refractivity contribution in [3.8, 4) is 17.0 Å². The van der Waals surface area contributed by atoms with Gasteiger partial charge >= 0.3 is 0 Å². The topological polar surface area (TPSA) is 75.6 Å². The average Bonchev–Trinajstić information content (AvgIpc) is 2.81. The highest BCUT2D eigenvalue weighted by atomic mass is 35.5. The highest BCUT2D eigenvalue weighted by Crippen LogP contribution is 2.30. The van der Waals surface area contributed by atoms with Gasteiger partial charge in [0.15, 0.2) is 5.82 Å². The third-order valence-corrected chi connectivity index (χ3v) is 7.91. The molecule has 168 valence electrons. The molecule has 1 aromatic heterocycles. The van der Waals surface area contributed by atoms with Gasteiger partial charge in [-0.25, -0.2) is 8.42 Å². The lowest BCUT2D eigenvalue weighted by Crippen LogP contribution is -2.49. The van der Waals surface area contributed by atoms with Gasteiger partial charge in [-0.1, -0.05) is 23.7 Å². The summed E-state index contributed by atoms with van der Waals surface area (Å²) in [4.78, 5) is 2.12. The largest absolute Gasteiger partial charge is 0.495 e. The van der Waals surface area contributed by atoms with Gasteiger partial charge < -0.3 is 9.64 Å². The Labute approximate surface area is 193 Å². The monoisotopic (exact) mass is 472 g/mol. The first-order valence-corrected chi connectivity index (χ1v) is 12.1. The summed E-state index contributed by atoms with van der Waals surface area (Å²) in [6.07, 6.45) is 0. The zero-order valence-corrected chi connectivity index (χ0v) is 19.8. The second-order valence-corrected chi connectivity index (χ2v) is 10.1. The van der Waals surface area contributed by atoms with Gasteiger partial charge in [0.25, 0.3) is 0 Å². The normalized spacial score (nSPS) is 15.1. The van der Waals surface area contributed by atoms with Crippen LogP contribution in [-0.4, -0.2) is 56.2 Å². The van der Waals surface area contributed by atoms with Gasteiger partial charge in [0.1, 0.15) is 10.6 Å². The maximum absolute atomic E-state index is 13.2. The van der Waals surface area contributed by atoms with Crippen LogP contribution in [0.25, 0.3) is 11.3 Å². The van der Waals surface area contributed by atoms with Crippen molar-refractivity contribution >= 4 is 27.4 Å². The highest BCUT2D eigenvalue weighted by molar-refractivity contribution is 7.89. The van der Waals surface area contributed by atoms with Crippen LogP contribution >= 0.6 is 11.6 Å². The minimum absolute atomic E-state index is 0.0819. The first-order chi connectivity index (χ1) is 15.3. The van der Waals surface area contributed by atoms with Crippen molar-refractivity contribution in [1.29, 1.82) is 0 Å². The molecule has 2 aromatic carbocycles. The van der Waals surface area contributed by atoms with Crippen LogP contribution in [0.2, 0.25) is 5.02 Å². The number of benzene rings is 2. The van der Waals surface area contributed by atoms with Crippen molar-refractivity contribution in [3.05, 3.63) is 64.7 Å². The Morgan fingerprint density at radius 2 is 1.66 bits per heavy atom. The van der Waals surface area contributed by atoms with E-state index in [0.29, 0.717) is 31.2 Å². The Morgan fingerprint density at radius 1 is 0.906 bits per heavy atom. The number of sulfonamides is 1. The minimum Gasteiger partial charge on any atom is -0.495 e. The molecule has 1 aliphatic heterocycles. The highest BCUT2D eigenvalue weighted by Gasteiger charge is 2.31. The molecule has 9 heteroatoms. The van der Waals surface area contributed by atoms with E-state index in [1.54, 1.807) is 12.1 Å². The molecule has 1 fully saturated rings. The predicted octanol–water partition coefficient (Wildman–Crippen LogP) is 3.93. The number of nitrogens with zero attached hydrogens (tertiary/aromatic N) is 4. The molecule has 0 bridgehead atoms. The Morgan fingerprint density at radius 3 is 2.28 bits per heavy atom. The number of aryl methyl sites for hydroxylation is 2. The summed E-state index contributed by atoms with van der Waals surface area (Å²) in [5, 5.41) is 9.12. The number of hydrogen-bond acceptors (Lipinski definition) is 6. The van der Waals surface area contributed by atoms with Crippen molar-refractivity contribution in [2.45, 2.75) is 18.7 Å². The number of methoxy groups -OCH3 is 1. The van der Waals surface area contributed by atoms with Gasteiger partial charge in [-0.05, 0) is 61.4 Å². The molecular formula is C23H25ClN4O3S. The number of halogens is 1. The number of anilines is 1. The molecular weight excluding hydrogens is 448 g/mol. The van der Waals surface area contributed by atoms with E-state index in [1.807, 2.05) is 23.1 Å². The first kappa shape index (κ1) is 22.5. The van der Waals surface area contributed by atoms with Crippen LogP contribution in [0.15, 0.2) is 53.4 Å². The van der Waals surface area contributed by atoms with Crippen LogP contribution in [0.1, 0.15) is 11.1 Å². The van der Waals surface area contributed by atoms with Crippen LogP contribution in [0.3, 0.4) is 0 Å². The predicted molar refractivity (Wildman–Crippen MR) is 126 cm³/mol. The summed E-state index contributed by atoms with van der Waals surface area (Å²) in [5.74, 6) is 1.01. The maximum atomic E-state index is 13.2. The molecule has 0 N–H and O–H groups in total. The lowest BCUT2D eigenvalue weighted by atomic mass is 10.0. The van der Waals surface area contributed by atoms with Crippen LogP contribution in [0.5, 0.6) is 5.75 Å². The van der Waals surface area contributed by atoms with Crippen LogP contribution in [-0.2, 0) is 10.0 Å². The lowest BCUT2D eigenvalue weighted by Gasteiger charge is -2.34. The molecule has 0 amide bonds. The number of hydrogen-bond donors (Lipinski definition) is 0. The van der Waals surface area contributed by atoms with E-state index >= 15 is 0 Å². The standard InChI is InChI=1S/C23H25ClN4O3S/c1-16-4-5-18(14-17(16)2)20-7-9-23(26-25-20)27-10-12-28(13-11-27)32(29,30)22-15-19(24)6-8-21(22)31-3/h4-9,14-15H,10-13H2,1-3H3. The van der Waals surface area contributed by atoms with Crippen molar-refractivity contribution in [1.82, 2.24) is 14.5 Å². The van der Waals surface area contributed by atoms with Gasteiger partial charge in [0, 0.05) is 36.8 Å². The molecule has 4 rings (SSSR count). The number of aromatic nitrogens is 2. The number of piperazine rings is 1. The fourth-order valence-electron chi connectivity index (χ4n) is 3.70. The maximum Gasteiger partial charge on any atom is 0.246 e. The zero-order valence-electron chi connectivity index (χ0n) is 18.2. The van der Waals surface area contributed by atoms with Crippen molar-refractivity contribution in [2.75, 3.05) is 38.2 Å². The van der Waals surface area contributed by atoms with Gasteiger partial charge in [0.2, 0.25) is 10.0 Å². The lowest BCUT2D eigenvalue weighted by molar-refractivity contribution is 0.373. The summed E-state index contributed by atoms with van der Waals surface area (Å²) >= 11 is 6.03. The van der Waals surface area contributed by atoms with E-state index in [-0.39, 0.29) is 10.6 Å². The number of ether oxygens (including phenoxy) is 1. The van der Waals surface area contributed by atoms with Crippen LogP contribution < -0.4 is 9.64 Å². The first-order valence-electron chi connectivity index (χ1n) is 10.3. The van der Waals surface area contributed by atoms with E-state index < -0.39 is 10.0 Å². The van der Waals surface area contributed by atoms with E-state index in [0.717, 1.165) is 17.1 Å². The molecule has 3 aromatic rings. The van der Waals surface area contributed by atoms with E-state index in [9.17, 15) is 8.42 Å². The van der Waals surface area contributed by atoms with Crippen molar-refractivity contribution < 1.29 is 13.2 Å². The molecule has 2 heterocycles. The van der Waals surface area contributed by atoms with Crippen molar-refractivity contribution in [2.24, 2.45) is 0 Å². The SMILES string of the molecule is COc1ccc(Cl)cc1S(=O)(=O)N1CCN(c2ccc(-c3ccc(C)c(C)c3)nn2)CC1. The minimum atomic E-state index is -3.72. The second kappa shape index (κ2) is 9.05. The third kappa shape index (κ3) is 4.44. The fourth-order valence-corrected chi connectivity index (χ4v) is 5.54. The molecule has 1 saturated heterocycles. The van der Waals surface area contributed by atoms with Crippen LogP contribution in [0.4, 0.5) is 5.82 Å². The quantitative estimate of drug-likeness (QED) is 0.560. The van der Waals surface area contributed by atoms with Crippen molar-refractivity contribution in [3.63, 3.8) is 0 Å².